The molecule has 0 unspecified atom stereocenters. The highest BCUT2D eigenvalue weighted by Crippen LogP contribution is 2.34. The molecule has 0 saturated carbocycles. The van der Waals surface area contributed by atoms with Crippen molar-refractivity contribution < 1.29 is 19.8 Å². The number of benzene rings is 1. The van der Waals surface area contributed by atoms with Crippen LogP contribution in [0.25, 0.3) is 11.3 Å². The Labute approximate surface area is 177 Å². The third-order valence-corrected chi connectivity index (χ3v) is 5.54. The van der Waals surface area contributed by atoms with E-state index in [0.717, 1.165) is 15.7 Å². The lowest BCUT2D eigenvalue weighted by molar-refractivity contribution is -0.137. The van der Waals surface area contributed by atoms with E-state index < -0.39 is 29.7 Å². The number of nitrogens with one attached hydrogen (secondary N) is 2. The van der Waals surface area contributed by atoms with E-state index in [2.05, 4.69) is 31.2 Å². The van der Waals surface area contributed by atoms with Crippen molar-refractivity contribution in [2.75, 3.05) is 6.54 Å². The highest BCUT2D eigenvalue weighted by molar-refractivity contribution is 9.10. The van der Waals surface area contributed by atoms with E-state index >= 15 is 0 Å². The molecule has 8 nitrogen and oxygen atoms in total. The van der Waals surface area contributed by atoms with Crippen LogP contribution in [0.3, 0.4) is 0 Å². The van der Waals surface area contributed by atoms with E-state index in [-0.39, 0.29) is 12.5 Å². The summed E-state index contributed by atoms with van der Waals surface area (Å²) in [6.07, 6.45) is 0.0757. The number of aromatic amines is 1. The monoisotopic (exact) mass is 464 g/mol. The number of halogens is 1. The number of hydrogen-bond acceptors (Lipinski definition) is 4. The first kappa shape index (κ1) is 21.3. The Bertz CT molecular complexity index is 891. The van der Waals surface area contributed by atoms with Crippen molar-refractivity contribution in [1.29, 1.82) is 0 Å². The van der Waals surface area contributed by atoms with Gasteiger partial charge in [0, 0.05) is 17.4 Å². The maximum Gasteiger partial charge on any atom is 0.405 e. The van der Waals surface area contributed by atoms with Crippen LogP contribution >= 0.6 is 15.9 Å². The van der Waals surface area contributed by atoms with E-state index in [9.17, 15) is 14.7 Å². The van der Waals surface area contributed by atoms with Gasteiger partial charge >= 0.3 is 6.09 Å². The molecule has 29 heavy (non-hydrogen) atoms. The van der Waals surface area contributed by atoms with Gasteiger partial charge in [-0.25, -0.2) is 9.78 Å². The number of amides is 2. The molecule has 0 spiro atoms. The summed E-state index contributed by atoms with van der Waals surface area (Å²) in [5, 5.41) is 21.7. The summed E-state index contributed by atoms with van der Waals surface area (Å²) in [4.78, 5) is 33.6. The number of aliphatic hydroxyl groups excluding tert-OH is 1. The molecule has 3 atom stereocenters. The van der Waals surface area contributed by atoms with Crippen molar-refractivity contribution in [2.45, 2.75) is 45.4 Å². The zero-order chi connectivity index (χ0) is 21.3. The average Bonchev–Trinajstić information content (AvgIpc) is 3.25. The molecule has 2 aromatic rings. The maximum atomic E-state index is 13.2. The Morgan fingerprint density at radius 2 is 1.97 bits per heavy atom. The number of hydrogen-bond donors (Lipinski definition) is 4. The number of likely N-dealkylation sites (tertiary alicyclic amines) is 1. The Kier molecular flexibility index (Phi) is 6.00. The molecule has 2 heterocycles. The van der Waals surface area contributed by atoms with E-state index in [1.807, 2.05) is 24.3 Å². The van der Waals surface area contributed by atoms with Crippen LogP contribution in [0.2, 0.25) is 0 Å². The van der Waals surface area contributed by atoms with Crippen LogP contribution in [0, 0.1) is 5.41 Å². The fraction of sp³-hybridized carbons (Fsp3) is 0.450. The van der Waals surface area contributed by atoms with Crippen molar-refractivity contribution in [3.05, 3.63) is 40.8 Å². The van der Waals surface area contributed by atoms with Crippen LogP contribution in [0.4, 0.5) is 4.79 Å². The normalized spacial score (nSPS) is 20.5. The highest BCUT2D eigenvalue weighted by atomic mass is 79.9. The number of β-amino-alcohol motifs (C(OH)–C–C–N with tert-alkyl or cyclic N) is 1. The second-order valence-corrected chi connectivity index (χ2v) is 9.25. The summed E-state index contributed by atoms with van der Waals surface area (Å²) in [5.41, 5.74) is 1.13. The van der Waals surface area contributed by atoms with E-state index in [0.29, 0.717) is 12.2 Å². The number of imidazole rings is 1. The third-order valence-electron chi connectivity index (χ3n) is 5.01. The van der Waals surface area contributed by atoms with Crippen LogP contribution in [-0.2, 0) is 4.79 Å². The van der Waals surface area contributed by atoms with Crippen LogP contribution < -0.4 is 5.32 Å². The molecule has 3 rings (SSSR count). The summed E-state index contributed by atoms with van der Waals surface area (Å²) < 4.78 is 0.968. The number of carboxylic acid groups (broad SMARTS) is 1. The molecule has 4 N–H and O–H groups in total. The first-order chi connectivity index (χ1) is 13.6. The topological polar surface area (TPSA) is 119 Å². The molecule has 0 bridgehead atoms. The molecule has 9 heteroatoms. The van der Waals surface area contributed by atoms with Crippen LogP contribution in [0.15, 0.2) is 34.9 Å². The van der Waals surface area contributed by atoms with Crippen LogP contribution in [-0.4, -0.2) is 55.8 Å². The van der Waals surface area contributed by atoms with Gasteiger partial charge in [-0.05, 0) is 23.1 Å². The summed E-state index contributed by atoms with van der Waals surface area (Å²) in [6.45, 7) is 5.52. The molecular formula is C20H25BrN4O4. The van der Waals surface area contributed by atoms with Crippen molar-refractivity contribution in [1.82, 2.24) is 20.2 Å². The zero-order valence-electron chi connectivity index (χ0n) is 16.5. The van der Waals surface area contributed by atoms with Gasteiger partial charge in [0.1, 0.15) is 11.9 Å². The van der Waals surface area contributed by atoms with Crippen LogP contribution in [0.5, 0.6) is 0 Å². The fourth-order valence-corrected chi connectivity index (χ4v) is 3.80. The average molecular weight is 465 g/mol. The van der Waals surface area contributed by atoms with Crippen molar-refractivity contribution in [3.63, 3.8) is 0 Å². The SMILES string of the molecule is CC(C)(C)[C@H](NC(=O)O)C(=O)N1C[C@H](O)C[C@H]1c1ncc(-c2ccc(Br)cc2)[nH]1. The number of rotatable bonds is 4. The Balaban J connectivity index is 1.87. The number of carbonyl (C=O) groups excluding carboxylic acids is 1. The summed E-state index contributed by atoms with van der Waals surface area (Å²) in [6, 6.07) is 6.35. The molecular weight excluding hydrogens is 440 g/mol. The molecule has 0 radical (unpaired) electrons. The smallest absolute Gasteiger partial charge is 0.405 e. The molecule has 1 aliphatic heterocycles. The minimum absolute atomic E-state index is 0.131. The molecule has 1 saturated heterocycles. The maximum absolute atomic E-state index is 13.2. The second-order valence-electron chi connectivity index (χ2n) is 8.33. The van der Waals surface area contributed by atoms with Gasteiger partial charge < -0.3 is 25.4 Å². The van der Waals surface area contributed by atoms with Gasteiger partial charge in [-0.3, -0.25) is 4.79 Å². The molecule has 156 valence electrons. The van der Waals surface area contributed by atoms with E-state index in [1.54, 1.807) is 27.0 Å². The first-order valence-electron chi connectivity index (χ1n) is 9.35. The zero-order valence-corrected chi connectivity index (χ0v) is 18.1. The predicted molar refractivity (Wildman–Crippen MR) is 111 cm³/mol. The minimum Gasteiger partial charge on any atom is -0.465 e. The lowest BCUT2D eigenvalue weighted by atomic mass is 9.85. The first-order valence-corrected chi connectivity index (χ1v) is 10.1. The quantitative estimate of drug-likeness (QED) is 0.553. The van der Waals surface area contributed by atoms with E-state index in [1.165, 1.54) is 4.90 Å². The highest BCUT2D eigenvalue weighted by Gasteiger charge is 2.43. The van der Waals surface area contributed by atoms with Gasteiger partial charge in [-0.1, -0.05) is 48.8 Å². The minimum atomic E-state index is -1.26. The van der Waals surface area contributed by atoms with Gasteiger partial charge in [0.25, 0.3) is 0 Å². The number of aromatic nitrogens is 2. The summed E-state index contributed by atoms with van der Waals surface area (Å²) in [7, 11) is 0. The van der Waals surface area contributed by atoms with Gasteiger partial charge in [-0.15, -0.1) is 0 Å². The summed E-state index contributed by atoms with van der Waals surface area (Å²) >= 11 is 3.41. The third kappa shape index (κ3) is 4.79. The van der Waals surface area contributed by atoms with Gasteiger partial charge in [0.15, 0.2) is 0 Å². The van der Waals surface area contributed by atoms with Crippen molar-refractivity contribution in [3.8, 4) is 11.3 Å². The Morgan fingerprint density at radius 1 is 1.31 bits per heavy atom. The molecule has 2 amide bonds. The van der Waals surface area contributed by atoms with E-state index in [4.69, 9.17) is 5.11 Å². The second kappa shape index (κ2) is 8.16. The number of nitrogens with zero attached hydrogens (tertiary/aromatic N) is 2. The van der Waals surface area contributed by atoms with Gasteiger partial charge in [0.05, 0.1) is 24.0 Å². The Morgan fingerprint density at radius 3 is 2.55 bits per heavy atom. The lowest BCUT2D eigenvalue weighted by Crippen LogP contribution is -2.54. The van der Waals surface area contributed by atoms with Crippen molar-refractivity contribution >= 4 is 27.9 Å². The largest absolute Gasteiger partial charge is 0.465 e. The van der Waals surface area contributed by atoms with Crippen molar-refractivity contribution in [2.24, 2.45) is 5.41 Å². The fourth-order valence-electron chi connectivity index (χ4n) is 3.54. The molecule has 1 aromatic carbocycles. The molecule has 1 fully saturated rings. The van der Waals surface area contributed by atoms with Crippen LogP contribution in [0.1, 0.15) is 39.1 Å². The summed E-state index contributed by atoms with van der Waals surface area (Å²) in [5.74, 6) is 0.193. The van der Waals surface area contributed by atoms with Gasteiger partial charge in [0.2, 0.25) is 5.91 Å². The number of H-pyrrole nitrogens is 1. The number of carbonyl (C=O) groups is 2. The lowest BCUT2D eigenvalue weighted by Gasteiger charge is -2.34. The standard InChI is InChI=1S/C20H25BrN4O4/c1-20(2,3)16(24-19(28)29)18(27)25-10-13(26)8-15(25)17-22-9-14(23-17)11-4-6-12(21)7-5-11/h4-7,9,13,15-16,24,26H,8,10H2,1-3H3,(H,22,23)(H,28,29)/t13-,15+,16-/m1/s1. The number of aliphatic hydroxyl groups is 1. The molecule has 1 aliphatic rings. The van der Waals surface area contributed by atoms with Gasteiger partial charge in [-0.2, -0.15) is 0 Å². The molecule has 1 aromatic heterocycles. The Hall–Kier alpha value is -2.39. The predicted octanol–water partition coefficient (Wildman–Crippen LogP) is 3.16. The molecule has 0 aliphatic carbocycles.